The van der Waals surface area contributed by atoms with E-state index in [0.717, 1.165) is 0 Å². The molecule has 1 N–H and O–H groups in total. The lowest BCUT2D eigenvalue weighted by molar-refractivity contribution is -0.607. The lowest BCUT2D eigenvalue weighted by Crippen LogP contribution is -2.36. The molecule has 1 aromatic carbocycles. The maximum Gasteiger partial charge on any atom is 0.325 e. The summed E-state index contributed by atoms with van der Waals surface area (Å²) in [6, 6.07) is 12.0. The summed E-state index contributed by atoms with van der Waals surface area (Å²) < 4.78 is 5.49. The van der Waals surface area contributed by atoms with Crippen LogP contribution in [-0.2, 0) is 0 Å². The van der Waals surface area contributed by atoms with Crippen LogP contribution in [0.4, 0.5) is 5.69 Å². The second-order valence-electron chi connectivity index (χ2n) is 3.57. The monoisotopic (exact) mass is 244 g/mol. The molecular weight excluding hydrogens is 232 g/mol. The van der Waals surface area contributed by atoms with Gasteiger partial charge in [0.1, 0.15) is 0 Å². The number of ether oxygens (including phenoxy) is 1. The molecule has 1 aromatic heterocycles. The molecule has 0 saturated carbocycles. The molecular formula is C13H12N2O3. The molecule has 0 atom stereocenters. The van der Waals surface area contributed by atoms with Crippen molar-refractivity contribution in [1.82, 2.24) is 0 Å². The fourth-order valence-corrected chi connectivity index (χ4v) is 1.56. The average Bonchev–Trinajstić information content (AvgIpc) is 2.39. The molecule has 5 heteroatoms. The molecule has 5 nitrogen and oxygen atoms in total. The van der Waals surface area contributed by atoms with Gasteiger partial charge in [0.05, 0.1) is 7.11 Å². The number of carbonyl (C=O) groups excluding carboxylic acids is 1. The Hall–Kier alpha value is -2.56. The van der Waals surface area contributed by atoms with Gasteiger partial charge in [-0.25, -0.2) is 0 Å². The Morgan fingerprint density at radius 3 is 2.61 bits per heavy atom. The number of anilines is 1. The standard InChI is InChI=1S/C13H12N2O3/c1-18-11-8-5-9-15(17)12(11)13(16)14-10-6-3-2-4-7-10/h2-9H,1H3,(H,14,16). The van der Waals surface area contributed by atoms with Gasteiger partial charge < -0.3 is 15.3 Å². The van der Waals surface area contributed by atoms with Gasteiger partial charge in [0, 0.05) is 11.8 Å². The quantitative estimate of drug-likeness (QED) is 0.658. The van der Waals surface area contributed by atoms with Gasteiger partial charge in [-0.2, -0.15) is 4.73 Å². The Morgan fingerprint density at radius 1 is 1.22 bits per heavy atom. The van der Waals surface area contributed by atoms with Crippen LogP contribution in [0.2, 0.25) is 0 Å². The maximum absolute atomic E-state index is 12.0. The Labute approximate surface area is 104 Å². The van der Waals surface area contributed by atoms with Crippen molar-refractivity contribution in [3.63, 3.8) is 0 Å². The summed E-state index contributed by atoms with van der Waals surface area (Å²) in [5, 5.41) is 14.2. The third-order valence-electron chi connectivity index (χ3n) is 2.39. The summed E-state index contributed by atoms with van der Waals surface area (Å²) >= 11 is 0. The number of hydrogen-bond donors (Lipinski definition) is 1. The highest BCUT2D eigenvalue weighted by Crippen LogP contribution is 2.15. The first kappa shape index (κ1) is 11.9. The van der Waals surface area contributed by atoms with Crippen LogP contribution in [0.1, 0.15) is 10.5 Å². The summed E-state index contributed by atoms with van der Waals surface area (Å²) in [6.07, 6.45) is 1.25. The summed E-state index contributed by atoms with van der Waals surface area (Å²) in [6.45, 7) is 0. The third-order valence-corrected chi connectivity index (χ3v) is 2.39. The smallest absolute Gasteiger partial charge is 0.325 e. The fourth-order valence-electron chi connectivity index (χ4n) is 1.56. The van der Waals surface area contributed by atoms with Crippen LogP contribution >= 0.6 is 0 Å². The predicted molar refractivity (Wildman–Crippen MR) is 66.3 cm³/mol. The van der Waals surface area contributed by atoms with E-state index in [-0.39, 0.29) is 11.4 Å². The first-order chi connectivity index (χ1) is 8.72. The number of aromatic nitrogens is 1. The number of methoxy groups -OCH3 is 1. The molecule has 0 saturated heterocycles. The van der Waals surface area contributed by atoms with Crippen molar-refractivity contribution >= 4 is 11.6 Å². The van der Waals surface area contributed by atoms with Crippen LogP contribution < -0.4 is 14.8 Å². The van der Waals surface area contributed by atoms with Crippen molar-refractivity contribution in [2.45, 2.75) is 0 Å². The van der Waals surface area contributed by atoms with Gasteiger partial charge in [0.25, 0.3) is 0 Å². The first-order valence-corrected chi connectivity index (χ1v) is 5.35. The number of pyridine rings is 1. The maximum atomic E-state index is 12.0. The van der Waals surface area contributed by atoms with Crippen molar-refractivity contribution < 1.29 is 14.3 Å². The van der Waals surface area contributed by atoms with E-state index >= 15 is 0 Å². The number of hydrogen-bond acceptors (Lipinski definition) is 3. The van der Waals surface area contributed by atoms with Crippen LogP contribution in [0.5, 0.6) is 5.75 Å². The van der Waals surface area contributed by atoms with Crippen molar-refractivity contribution in [3.05, 3.63) is 59.6 Å². The normalized spacial score (nSPS) is 9.83. The molecule has 2 aromatic rings. The van der Waals surface area contributed by atoms with Crippen molar-refractivity contribution in [2.24, 2.45) is 0 Å². The van der Waals surface area contributed by atoms with Gasteiger partial charge in [-0.15, -0.1) is 0 Å². The van der Waals surface area contributed by atoms with E-state index in [1.165, 1.54) is 19.4 Å². The topological polar surface area (TPSA) is 65.3 Å². The van der Waals surface area contributed by atoms with Gasteiger partial charge in [-0.1, -0.05) is 18.2 Å². The van der Waals surface area contributed by atoms with Crippen LogP contribution in [0.25, 0.3) is 0 Å². The highest BCUT2D eigenvalue weighted by atomic mass is 16.5. The largest absolute Gasteiger partial charge is 0.618 e. The molecule has 92 valence electrons. The summed E-state index contributed by atoms with van der Waals surface area (Å²) in [5.41, 5.74) is 0.553. The average molecular weight is 244 g/mol. The summed E-state index contributed by atoms with van der Waals surface area (Å²) in [4.78, 5) is 12.0. The number of nitrogens with one attached hydrogen (secondary N) is 1. The number of nitrogens with zero attached hydrogens (tertiary/aromatic N) is 1. The molecule has 1 amide bonds. The number of rotatable bonds is 3. The molecule has 2 rings (SSSR count). The number of carbonyl (C=O) groups is 1. The second kappa shape index (κ2) is 5.18. The Bertz CT molecular complexity index is 555. The van der Waals surface area contributed by atoms with Crippen LogP contribution in [0, 0.1) is 5.21 Å². The van der Waals surface area contributed by atoms with Crippen molar-refractivity contribution in [1.29, 1.82) is 0 Å². The lowest BCUT2D eigenvalue weighted by atomic mass is 10.2. The van der Waals surface area contributed by atoms with Crippen molar-refractivity contribution in [3.8, 4) is 5.75 Å². The SMILES string of the molecule is COc1ccc[n+]([O-])c1C(=O)Nc1ccccc1. The minimum Gasteiger partial charge on any atom is -0.618 e. The zero-order chi connectivity index (χ0) is 13.0. The van der Waals surface area contributed by atoms with E-state index in [4.69, 9.17) is 4.74 Å². The van der Waals surface area contributed by atoms with Gasteiger partial charge in [-0.05, 0) is 18.2 Å². The Morgan fingerprint density at radius 2 is 1.94 bits per heavy atom. The molecule has 0 bridgehead atoms. The van der Waals surface area contributed by atoms with Crippen molar-refractivity contribution in [2.75, 3.05) is 12.4 Å². The fraction of sp³-hybridized carbons (Fsp3) is 0.0769. The molecule has 1 heterocycles. The lowest BCUT2D eigenvalue weighted by Gasteiger charge is -2.08. The van der Waals surface area contributed by atoms with E-state index in [2.05, 4.69) is 5.32 Å². The Balaban J connectivity index is 2.29. The number of benzene rings is 1. The molecule has 0 aliphatic carbocycles. The van der Waals surface area contributed by atoms with Crippen LogP contribution in [-0.4, -0.2) is 13.0 Å². The zero-order valence-electron chi connectivity index (χ0n) is 9.79. The van der Waals surface area contributed by atoms with Crippen LogP contribution in [0.15, 0.2) is 48.7 Å². The first-order valence-electron chi connectivity index (χ1n) is 5.35. The highest BCUT2D eigenvalue weighted by Gasteiger charge is 2.22. The van der Waals surface area contributed by atoms with Gasteiger partial charge in [0.2, 0.25) is 0 Å². The van der Waals surface area contributed by atoms with Gasteiger partial charge in [-0.3, -0.25) is 4.79 Å². The molecule has 0 aliphatic heterocycles. The van der Waals surface area contributed by atoms with Gasteiger partial charge >= 0.3 is 11.6 Å². The Kier molecular flexibility index (Phi) is 3.43. The highest BCUT2D eigenvalue weighted by molar-refractivity contribution is 6.03. The predicted octanol–water partition coefficient (Wildman–Crippen LogP) is 1.58. The van der Waals surface area contributed by atoms with E-state index in [0.29, 0.717) is 10.4 Å². The van der Waals surface area contributed by atoms with Crippen LogP contribution in [0.3, 0.4) is 0 Å². The summed E-state index contributed by atoms with van der Waals surface area (Å²) in [7, 11) is 1.41. The number of amides is 1. The molecule has 0 spiro atoms. The minimum atomic E-state index is -0.506. The molecule has 18 heavy (non-hydrogen) atoms. The van der Waals surface area contributed by atoms with E-state index in [9.17, 15) is 10.0 Å². The molecule has 0 fully saturated rings. The third kappa shape index (κ3) is 2.40. The zero-order valence-corrected chi connectivity index (χ0v) is 9.79. The molecule has 0 aliphatic rings. The van der Waals surface area contributed by atoms with Gasteiger partial charge in [0.15, 0.2) is 11.9 Å². The van der Waals surface area contributed by atoms with E-state index in [1.54, 1.807) is 30.3 Å². The summed E-state index contributed by atoms with van der Waals surface area (Å²) in [5.74, 6) is -0.269. The molecule has 0 radical (unpaired) electrons. The minimum absolute atomic E-state index is 0.0659. The number of para-hydroxylation sites is 1. The van der Waals surface area contributed by atoms with E-state index < -0.39 is 5.91 Å². The van der Waals surface area contributed by atoms with E-state index in [1.807, 2.05) is 6.07 Å². The molecule has 0 unspecified atom stereocenters. The second-order valence-corrected chi connectivity index (χ2v) is 3.57.